The predicted octanol–water partition coefficient (Wildman–Crippen LogP) is 5.20. The van der Waals surface area contributed by atoms with Gasteiger partial charge >= 0.3 is 0 Å². The second kappa shape index (κ2) is 10.4. The van der Waals surface area contributed by atoms with Gasteiger partial charge in [0.05, 0.1) is 42.8 Å². The van der Waals surface area contributed by atoms with Gasteiger partial charge in [-0.1, -0.05) is 0 Å². The van der Waals surface area contributed by atoms with Crippen LogP contribution in [0.3, 0.4) is 0 Å². The highest BCUT2D eigenvalue weighted by atomic mass is 35.5. The maximum atomic E-state index is 5.62. The van der Waals surface area contributed by atoms with E-state index in [1.165, 1.54) is 18.4 Å². The molecule has 0 unspecified atom stereocenters. The Balaban J connectivity index is 0.00000274. The van der Waals surface area contributed by atoms with Gasteiger partial charge in [0.1, 0.15) is 5.75 Å². The average molecular weight is 480 g/mol. The lowest BCUT2D eigenvalue weighted by atomic mass is 10.1. The number of hydrogen-bond donors (Lipinski definition) is 0. The second-order valence-electron chi connectivity index (χ2n) is 8.67. The van der Waals surface area contributed by atoms with E-state index in [1.807, 2.05) is 25.6 Å². The van der Waals surface area contributed by atoms with E-state index in [0.29, 0.717) is 12.5 Å². The summed E-state index contributed by atoms with van der Waals surface area (Å²) in [5.74, 6) is 1.57. The van der Waals surface area contributed by atoms with E-state index < -0.39 is 0 Å². The third-order valence-corrected chi connectivity index (χ3v) is 6.07. The molecule has 4 aromatic rings. The van der Waals surface area contributed by atoms with Crippen molar-refractivity contribution >= 4 is 34.8 Å². The Morgan fingerprint density at radius 1 is 1.03 bits per heavy atom. The van der Waals surface area contributed by atoms with Gasteiger partial charge in [0.2, 0.25) is 0 Å². The third-order valence-electron chi connectivity index (χ3n) is 6.07. The third kappa shape index (κ3) is 5.32. The summed E-state index contributed by atoms with van der Waals surface area (Å²) in [7, 11) is 5.35. The Kier molecular flexibility index (Phi) is 7.34. The largest absolute Gasteiger partial charge is 0.497 e. The zero-order valence-electron chi connectivity index (χ0n) is 19.8. The summed E-state index contributed by atoms with van der Waals surface area (Å²) >= 11 is 0. The van der Waals surface area contributed by atoms with Crippen molar-refractivity contribution in [2.75, 3.05) is 32.3 Å². The molecule has 0 atom stereocenters. The topological polar surface area (TPSA) is 65.3 Å². The Morgan fingerprint density at radius 2 is 1.88 bits per heavy atom. The number of hydrogen-bond acceptors (Lipinski definition) is 6. The van der Waals surface area contributed by atoms with Crippen LogP contribution in [0.25, 0.3) is 22.3 Å². The monoisotopic (exact) mass is 479 g/mol. The summed E-state index contributed by atoms with van der Waals surface area (Å²) in [4.78, 5) is 11.9. The summed E-state index contributed by atoms with van der Waals surface area (Å²) in [5, 5.41) is 4.26. The van der Waals surface area contributed by atoms with Gasteiger partial charge in [-0.15, -0.1) is 12.4 Å². The lowest BCUT2D eigenvalue weighted by molar-refractivity contribution is 0.202. The van der Waals surface area contributed by atoms with Crippen LogP contribution in [-0.2, 0) is 18.2 Å². The molecule has 34 heavy (non-hydrogen) atoms. The number of rotatable bonds is 9. The smallest absolute Gasteiger partial charge is 0.121 e. The minimum Gasteiger partial charge on any atom is -0.497 e. The molecule has 5 rings (SSSR count). The fraction of sp³-hybridized carbons (Fsp3) is 0.346. The van der Waals surface area contributed by atoms with Crippen LogP contribution < -0.4 is 9.64 Å². The normalized spacial score (nSPS) is 13.0. The Bertz CT molecular complexity index is 1270. The molecule has 0 bridgehead atoms. The molecular weight excluding hydrogens is 450 g/mol. The molecule has 2 aromatic carbocycles. The van der Waals surface area contributed by atoms with Crippen molar-refractivity contribution in [3.05, 3.63) is 60.6 Å². The van der Waals surface area contributed by atoms with Crippen LogP contribution in [-0.4, -0.2) is 47.1 Å². The molecule has 1 fully saturated rings. The van der Waals surface area contributed by atoms with Crippen LogP contribution in [0, 0.1) is 5.92 Å². The molecule has 178 valence electrons. The van der Waals surface area contributed by atoms with Gasteiger partial charge in [-0.2, -0.15) is 5.10 Å². The first kappa shape index (κ1) is 24.0. The van der Waals surface area contributed by atoms with E-state index in [9.17, 15) is 0 Å². The molecule has 2 heterocycles. The summed E-state index contributed by atoms with van der Waals surface area (Å²) < 4.78 is 12.7. The molecule has 0 aliphatic heterocycles. The summed E-state index contributed by atoms with van der Waals surface area (Å²) in [6.07, 6.45) is 8.97. The van der Waals surface area contributed by atoms with Crippen LogP contribution >= 0.6 is 12.4 Å². The molecule has 0 N–H and O–H groups in total. The lowest BCUT2D eigenvalue weighted by Crippen LogP contribution is -2.20. The quantitative estimate of drug-likeness (QED) is 0.329. The molecule has 1 aliphatic rings. The number of aryl methyl sites for hydroxylation is 1. The van der Waals surface area contributed by atoms with Crippen molar-refractivity contribution < 1.29 is 9.47 Å². The standard InChI is InChI=1S/C26H29N5O2.ClH/c1-30-17-20(14-28-30)26-15-27-24-7-6-21(13-25(24)29-26)31(16-18-4-5-18)22-10-19(8-9-32-2)11-23(12-22)33-3;/h6-7,10-15,17-18H,4-5,8-9,16H2,1-3H3;1H. The zero-order chi connectivity index (χ0) is 22.8. The average Bonchev–Trinajstić information content (AvgIpc) is 3.57. The number of anilines is 2. The van der Waals surface area contributed by atoms with Gasteiger partial charge in [-0.05, 0) is 61.1 Å². The van der Waals surface area contributed by atoms with Crippen LogP contribution in [0.2, 0.25) is 0 Å². The first-order valence-corrected chi connectivity index (χ1v) is 11.3. The first-order valence-electron chi connectivity index (χ1n) is 11.3. The van der Waals surface area contributed by atoms with Crippen LogP contribution in [0.15, 0.2) is 55.0 Å². The van der Waals surface area contributed by atoms with Crippen LogP contribution in [0.1, 0.15) is 18.4 Å². The SMILES string of the molecule is COCCc1cc(OC)cc(N(CC2CC2)c2ccc3ncc(-c4cnn(C)c4)nc3c2)c1.Cl. The number of ether oxygens (including phenoxy) is 2. The maximum Gasteiger partial charge on any atom is 0.121 e. The van der Waals surface area contributed by atoms with Gasteiger partial charge in [0.15, 0.2) is 0 Å². The van der Waals surface area contributed by atoms with Gasteiger partial charge < -0.3 is 14.4 Å². The minimum absolute atomic E-state index is 0. The number of halogens is 1. The molecule has 0 saturated heterocycles. The van der Waals surface area contributed by atoms with E-state index in [4.69, 9.17) is 14.5 Å². The summed E-state index contributed by atoms with van der Waals surface area (Å²) in [5.41, 5.74) is 6.97. The Hall–Kier alpha value is -3.16. The highest BCUT2D eigenvalue weighted by Crippen LogP contribution is 2.37. The maximum absolute atomic E-state index is 5.62. The molecule has 0 spiro atoms. The Labute approximate surface area is 206 Å². The molecule has 0 amide bonds. The van der Waals surface area contributed by atoms with E-state index in [0.717, 1.165) is 52.4 Å². The van der Waals surface area contributed by atoms with E-state index >= 15 is 0 Å². The van der Waals surface area contributed by atoms with Crippen LogP contribution in [0.4, 0.5) is 11.4 Å². The van der Waals surface area contributed by atoms with Crippen LogP contribution in [0.5, 0.6) is 5.75 Å². The molecule has 1 aliphatic carbocycles. The van der Waals surface area contributed by atoms with Crippen molar-refractivity contribution in [1.82, 2.24) is 19.7 Å². The summed E-state index contributed by atoms with van der Waals surface area (Å²) in [6, 6.07) is 12.8. The number of benzene rings is 2. The molecule has 8 heteroatoms. The highest BCUT2D eigenvalue weighted by molar-refractivity contribution is 5.85. The fourth-order valence-corrected chi connectivity index (χ4v) is 4.06. The predicted molar refractivity (Wildman–Crippen MR) is 137 cm³/mol. The molecular formula is C26H30ClN5O2. The number of methoxy groups -OCH3 is 2. The van der Waals surface area contributed by atoms with Crippen molar-refractivity contribution in [2.24, 2.45) is 13.0 Å². The van der Waals surface area contributed by atoms with Crippen molar-refractivity contribution in [1.29, 1.82) is 0 Å². The van der Waals surface area contributed by atoms with Gasteiger partial charge in [-0.3, -0.25) is 9.67 Å². The molecule has 2 aromatic heterocycles. The van der Waals surface area contributed by atoms with Crippen molar-refractivity contribution in [3.63, 3.8) is 0 Å². The molecule has 0 radical (unpaired) electrons. The van der Waals surface area contributed by atoms with Crippen molar-refractivity contribution in [3.8, 4) is 17.0 Å². The Morgan fingerprint density at radius 3 is 2.59 bits per heavy atom. The number of aromatic nitrogens is 4. The van der Waals surface area contributed by atoms with Gasteiger partial charge in [0.25, 0.3) is 0 Å². The molecule has 1 saturated carbocycles. The lowest BCUT2D eigenvalue weighted by Gasteiger charge is -2.26. The van der Waals surface area contributed by atoms with E-state index in [-0.39, 0.29) is 12.4 Å². The zero-order valence-corrected chi connectivity index (χ0v) is 20.6. The second-order valence-corrected chi connectivity index (χ2v) is 8.67. The van der Waals surface area contributed by atoms with Crippen molar-refractivity contribution in [2.45, 2.75) is 19.3 Å². The number of fused-ring (bicyclic) bond motifs is 1. The summed E-state index contributed by atoms with van der Waals surface area (Å²) in [6.45, 7) is 1.65. The van der Waals surface area contributed by atoms with E-state index in [1.54, 1.807) is 18.9 Å². The fourth-order valence-electron chi connectivity index (χ4n) is 4.06. The van der Waals surface area contributed by atoms with Gasteiger partial charge in [0, 0.05) is 49.9 Å². The molecule has 7 nitrogen and oxygen atoms in total. The van der Waals surface area contributed by atoms with Gasteiger partial charge in [-0.25, -0.2) is 4.98 Å². The number of nitrogens with zero attached hydrogens (tertiary/aromatic N) is 5. The van der Waals surface area contributed by atoms with E-state index in [2.05, 4.69) is 51.4 Å². The minimum atomic E-state index is 0. The highest BCUT2D eigenvalue weighted by Gasteiger charge is 2.26. The first-order chi connectivity index (χ1) is 16.1.